The predicted molar refractivity (Wildman–Crippen MR) is 75.0 cm³/mol. The number of benzene rings is 1. The van der Waals surface area contributed by atoms with Gasteiger partial charge in [0.05, 0.1) is 4.47 Å². The van der Waals surface area contributed by atoms with Gasteiger partial charge in [0.15, 0.2) is 11.5 Å². The maximum absolute atomic E-state index is 5.92. The average molecular weight is 315 g/mol. The Hall–Kier alpha value is -0.780. The number of ether oxygens (including phenoxy) is 2. The lowest BCUT2D eigenvalue weighted by Crippen LogP contribution is -2.33. The summed E-state index contributed by atoms with van der Waals surface area (Å²) >= 11 is 3.52. The molecule has 0 radical (unpaired) electrons. The average Bonchev–Trinajstić information content (AvgIpc) is 2.84. The lowest BCUT2D eigenvalue weighted by atomic mass is 10.0. The Balaban J connectivity index is 2.34. The summed E-state index contributed by atoms with van der Waals surface area (Å²) in [4.78, 5) is 2.34. The first-order valence-electron chi connectivity index (χ1n) is 6.24. The van der Waals surface area contributed by atoms with E-state index >= 15 is 0 Å². The minimum Gasteiger partial charge on any atom is -0.454 e. The second-order valence-corrected chi connectivity index (χ2v) is 5.06. The molecule has 18 heavy (non-hydrogen) atoms. The first-order chi connectivity index (χ1) is 8.71. The number of halogens is 1. The molecule has 0 spiro atoms. The molecule has 1 atom stereocenters. The summed E-state index contributed by atoms with van der Waals surface area (Å²) in [6.45, 7) is 7.13. The molecule has 0 saturated heterocycles. The van der Waals surface area contributed by atoms with Crippen LogP contribution in [0.2, 0.25) is 0 Å². The van der Waals surface area contributed by atoms with Crippen molar-refractivity contribution in [3.8, 4) is 11.5 Å². The van der Waals surface area contributed by atoms with E-state index in [9.17, 15) is 0 Å². The van der Waals surface area contributed by atoms with Crippen LogP contribution in [0, 0.1) is 0 Å². The highest BCUT2D eigenvalue weighted by atomic mass is 79.9. The molecular formula is C13H19BrN2O2. The molecule has 1 aromatic rings. The zero-order valence-corrected chi connectivity index (χ0v) is 12.4. The van der Waals surface area contributed by atoms with Crippen molar-refractivity contribution in [2.45, 2.75) is 19.9 Å². The van der Waals surface area contributed by atoms with Crippen LogP contribution in [0.1, 0.15) is 25.5 Å². The molecular weight excluding hydrogens is 296 g/mol. The third kappa shape index (κ3) is 2.48. The Morgan fingerprint density at radius 1 is 1.33 bits per heavy atom. The second kappa shape index (κ2) is 5.91. The zero-order chi connectivity index (χ0) is 13.1. The molecule has 1 aromatic carbocycles. The second-order valence-electron chi connectivity index (χ2n) is 4.21. The molecule has 2 rings (SSSR count). The Morgan fingerprint density at radius 3 is 2.67 bits per heavy atom. The van der Waals surface area contributed by atoms with Gasteiger partial charge < -0.3 is 15.2 Å². The number of nitrogens with two attached hydrogens (primary N) is 1. The number of hydrogen-bond donors (Lipinski definition) is 1. The molecule has 0 aromatic heterocycles. The zero-order valence-electron chi connectivity index (χ0n) is 10.8. The summed E-state index contributed by atoms with van der Waals surface area (Å²) < 4.78 is 11.8. The minimum atomic E-state index is 0.214. The molecule has 100 valence electrons. The molecule has 1 unspecified atom stereocenters. The standard InChI is InChI=1S/C13H19BrN2O2/c1-3-16(4-2)11(7-15)9-5-10(14)13-12(6-9)17-8-18-13/h5-6,11H,3-4,7-8,15H2,1-2H3. The van der Waals surface area contributed by atoms with Gasteiger partial charge in [0.2, 0.25) is 6.79 Å². The van der Waals surface area contributed by atoms with E-state index in [0.717, 1.165) is 34.6 Å². The molecule has 1 aliphatic rings. The lowest BCUT2D eigenvalue weighted by molar-refractivity contribution is 0.173. The molecule has 0 aliphatic carbocycles. The van der Waals surface area contributed by atoms with Gasteiger partial charge in [-0.1, -0.05) is 13.8 Å². The maximum atomic E-state index is 5.92. The fourth-order valence-electron chi connectivity index (χ4n) is 2.34. The van der Waals surface area contributed by atoms with E-state index in [-0.39, 0.29) is 12.8 Å². The van der Waals surface area contributed by atoms with Gasteiger partial charge in [-0.25, -0.2) is 0 Å². The van der Waals surface area contributed by atoms with Crippen LogP contribution in [0.5, 0.6) is 11.5 Å². The minimum absolute atomic E-state index is 0.214. The smallest absolute Gasteiger partial charge is 0.231 e. The van der Waals surface area contributed by atoms with Gasteiger partial charge in [-0.2, -0.15) is 0 Å². The van der Waals surface area contributed by atoms with Crippen LogP contribution in [-0.2, 0) is 0 Å². The molecule has 0 fully saturated rings. The van der Waals surface area contributed by atoms with Gasteiger partial charge in [0.25, 0.3) is 0 Å². The summed E-state index contributed by atoms with van der Waals surface area (Å²) in [5.74, 6) is 1.58. The van der Waals surface area contributed by atoms with Crippen molar-refractivity contribution in [2.75, 3.05) is 26.4 Å². The van der Waals surface area contributed by atoms with E-state index in [1.165, 1.54) is 0 Å². The highest BCUT2D eigenvalue weighted by Gasteiger charge is 2.23. The van der Waals surface area contributed by atoms with E-state index < -0.39 is 0 Å². The van der Waals surface area contributed by atoms with Crippen molar-refractivity contribution in [1.82, 2.24) is 4.90 Å². The van der Waals surface area contributed by atoms with Gasteiger partial charge >= 0.3 is 0 Å². The van der Waals surface area contributed by atoms with E-state index in [1.807, 2.05) is 6.07 Å². The molecule has 2 N–H and O–H groups in total. The van der Waals surface area contributed by atoms with E-state index in [4.69, 9.17) is 15.2 Å². The van der Waals surface area contributed by atoms with Crippen LogP contribution in [0.15, 0.2) is 16.6 Å². The van der Waals surface area contributed by atoms with Crippen molar-refractivity contribution in [2.24, 2.45) is 5.73 Å². The van der Waals surface area contributed by atoms with Crippen LogP contribution in [0.4, 0.5) is 0 Å². The van der Waals surface area contributed by atoms with E-state index in [1.54, 1.807) is 0 Å². The predicted octanol–water partition coefficient (Wildman–Crippen LogP) is 2.52. The van der Waals surface area contributed by atoms with E-state index in [0.29, 0.717) is 6.54 Å². The number of nitrogens with zero attached hydrogens (tertiary/aromatic N) is 1. The van der Waals surface area contributed by atoms with Crippen LogP contribution < -0.4 is 15.2 Å². The third-order valence-corrected chi connectivity index (χ3v) is 3.90. The summed E-state index contributed by atoms with van der Waals surface area (Å²) in [5, 5.41) is 0. The molecule has 0 amide bonds. The van der Waals surface area contributed by atoms with E-state index in [2.05, 4.69) is 40.7 Å². The topological polar surface area (TPSA) is 47.7 Å². The normalized spacial score (nSPS) is 15.2. The molecule has 1 heterocycles. The molecule has 0 bridgehead atoms. The molecule has 0 saturated carbocycles. The summed E-state index contributed by atoms with van der Waals surface area (Å²) in [7, 11) is 0. The monoisotopic (exact) mass is 314 g/mol. The van der Waals surface area contributed by atoms with Crippen LogP contribution >= 0.6 is 15.9 Å². The van der Waals surface area contributed by atoms with Crippen molar-refractivity contribution in [1.29, 1.82) is 0 Å². The van der Waals surface area contributed by atoms with Crippen LogP contribution in [0.3, 0.4) is 0 Å². The number of fused-ring (bicyclic) bond motifs is 1. The number of rotatable bonds is 5. The first-order valence-corrected chi connectivity index (χ1v) is 7.03. The Morgan fingerprint density at radius 2 is 2.06 bits per heavy atom. The molecule has 5 heteroatoms. The maximum Gasteiger partial charge on any atom is 0.231 e. The Labute approximate surface area is 116 Å². The fourth-order valence-corrected chi connectivity index (χ4v) is 2.91. The van der Waals surface area contributed by atoms with Crippen molar-refractivity contribution in [3.05, 3.63) is 22.2 Å². The highest BCUT2D eigenvalue weighted by Crippen LogP contribution is 2.41. The van der Waals surface area contributed by atoms with Crippen molar-refractivity contribution in [3.63, 3.8) is 0 Å². The first kappa shape index (κ1) is 13.6. The number of hydrogen-bond acceptors (Lipinski definition) is 4. The van der Waals surface area contributed by atoms with Gasteiger partial charge in [-0.15, -0.1) is 0 Å². The molecule has 1 aliphatic heterocycles. The third-order valence-electron chi connectivity index (χ3n) is 3.31. The number of likely N-dealkylation sites (N-methyl/N-ethyl adjacent to an activating group) is 1. The van der Waals surface area contributed by atoms with Crippen LogP contribution in [-0.4, -0.2) is 31.3 Å². The fraction of sp³-hybridized carbons (Fsp3) is 0.538. The van der Waals surface area contributed by atoms with Gasteiger partial charge in [0.1, 0.15) is 0 Å². The summed E-state index contributed by atoms with van der Waals surface area (Å²) in [6.07, 6.45) is 0. The van der Waals surface area contributed by atoms with Gasteiger partial charge in [-0.05, 0) is 46.7 Å². The Bertz CT molecular complexity index is 422. The lowest BCUT2D eigenvalue weighted by Gasteiger charge is -2.29. The largest absolute Gasteiger partial charge is 0.454 e. The SMILES string of the molecule is CCN(CC)C(CN)c1cc(Br)c2c(c1)OCO2. The van der Waals surface area contributed by atoms with Gasteiger partial charge in [-0.3, -0.25) is 4.90 Å². The highest BCUT2D eigenvalue weighted by molar-refractivity contribution is 9.10. The summed E-state index contributed by atoms with van der Waals surface area (Å²) in [5.41, 5.74) is 7.09. The Kier molecular flexibility index (Phi) is 4.48. The quantitative estimate of drug-likeness (QED) is 0.907. The summed E-state index contributed by atoms with van der Waals surface area (Å²) in [6, 6.07) is 4.32. The van der Waals surface area contributed by atoms with Gasteiger partial charge in [0, 0.05) is 12.6 Å². The molecule has 4 nitrogen and oxygen atoms in total. The van der Waals surface area contributed by atoms with Crippen LogP contribution in [0.25, 0.3) is 0 Å². The van der Waals surface area contributed by atoms with Crippen molar-refractivity contribution >= 4 is 15.9 Å². The van der Waals surface area contributed by atoms with Crippen molar-refractivity contribution < 1.29 is 9.47 Å².